The number of hydrogen-bond acceptors (Lipinski definition) is 5. The molecule has 0 spiro atoms. The van der Waals surface area contributed by atoms with E-state index in [2.05, 4.69) is 17.2 Å². The molecule has 7 nitrogen and oxygen atoms in total. The fourth-order valence-electron chi connectivity index (χ4n) is 2.92. The van der Waals surface area contributed by atoms with Crippen LogP contribution in [0.5, 0.6) is 5.75 Å². The number of aryl methyl sites for hydroxylation is 1. The maximum atomic E-state index is 12.2. The predicted octanol–water partition coefficient (Wildman–Crippen LogP) is 0.425. The zero-order valence-corrected chi connectivity index (χ0v) is 14.8. The maximum absolute atomic E-state index is 12.2. The van der Waals surface area contributed by atoms with Gasteiger partial charge in [-0.3, -0.25) is 4.79 Å². The average molecular weight is 345 g/mol. The van der Waals surface area contributed by atoms with Crippen molar-refractivity contribution in [3.8, 4) is 17.1 Å². The van der Waals surface area contributed by atoms with Crippen molar-refractivity contribution in [2.75, 3.05) is 40.3 Å². The van der Waals surface area contributed by atoms with Crippen LogP contribution in [0.15, 0.2) is 28.8 Å². The number of nitrogens with one attached hydrogen (secondary N) is 1. The molecule has 1 N–H and O–H groups in total. The second-order valence-corrected chi connectivity index (χ2v) is 6.44. The molecule has 0 radical (unpaired) electrons. The predicted molar refractivity (Wildman–Crippen MR) is 92.4 cm³/mol. The number of benzene rings is 1. The van der Waals surface area contributed by atoms with Crippen molar-refractivity contribution in [2.24, 2.45) is 0 Å². The lowest BCUT2D eigenvalue weighted by Crippen LogP contribution is -3.12. The molecule has 2 aromatic rings. The minimum Gasteiger partial charge on any atom is -0.497 e. The summed E-state index contributed by atoms with van der Waals surface area (Å²) in [6.45, 7) is 3.76. The Hall–Kier alpha value is -2.41. The van der Waals surface area contributed by atoms with Crippen LogP contribution in [0.3, 0.4) is 0 Å². The van der Waals surface area contributed by atoms with Gasteiger partial charge in [0, 0.05) is 18.4 Å². The zero-order chi connectivity index (χ0) is 17.6. The van der Waals surface area contributed by atoms with Crippen molar-refractivity contribution in [2.45, 2.75) is 19.3 Å². The fourth-order valence-corrected chi connectivity index (χ4v) is 2.92. The van der Waals surface area contributed by atoms with Gasteiger partial charge in [-0.2, -0.15) is 4.98 Å². The Kier molecular flexibility index (Phi) is 5.65. The Morgan fingerprint density at radius 3 is 2.92 bits per heavy atom. The van der Waals surface area contributed by atoms with Crippen LogP contribution in [-0.2, 0) is 11.2 Å². The Labute approximate surface area is 147 Å². The largest absolute Gasteiger partial charge is 0.497 e. The number of piperazine rings is 1. The van der Waals surface area contributed by atoms with Crippen molar-refractivity contribution in [1.29, 1.82) is 0 Å². The number of nitrogens with zero attached hydrogens (tertiary/aromatic N) is 3. The van der Waals surface area contributed by atoms with Gasteiger partial charge in [0.2, 0.25) is 17.6 Å². The van der Waals surface area contributed by atoms with E-state index in [0.29, 0.717) is 24.6 Å². The first-order valence-corrected chi connectivity index (χ1v) is 8.72. The molecule has 1 aliphatic rings. The van der Waals surface area contributed by atoms with Crippen molar-refractivity contribution in [3.05, 3.63) is 30.2 Å². The Morgan fingerprint density at radius 1 is 1.36 bits per heavy atom. The van der Waals surface area contributed by atoms with Gasteiger partial charge in [-0.1, -0.05) is 17.3 Å². The molecule has 1 aromatic heterocycles. The van der Waals surface area contributed by atoms with Gasteiger partial charge < -0.3 is 19.1 Å². The number of aromatic nitrogens is 2. The second kappa shape index (κ2) is 8.11. The maximum Gasteiger partial charge on any atom is 0.226 e. The van der Waals surface area contributed by atoms with Gasteiger partial charge in [-0.15, -0.1) is 0 Å². The van der Waals surface area contributed by atoms with Crippen LogP contribution in [0.2, 0.25) is 0 Å². The summed E-state index contributed by atoms with van der Waals surface area (Å²) in [5.41, 5.74) is 0.852. The molecule has 2 heterocycles. The highest BCUT2D eigenvalue weighted by Crippen LogP contribution is 2.21. The third kappa shape index (κ3) is 4.57. The molecule has 3 rings (SSSR count). The van der Waals surface area contributed by atoms with E-state index in [1.165, 1.54) is 4.90 Å². The molecule has 25 heavy (non-hydrogen) atoms. The van der Waals surface area contributed by atoms with Crippen LogP contribution in [0, 0.1) is 0 Å². The van der Waals surface area contributed by atoms with Crippen LogP contribution in [0.4, 0.5) is 0 Å². The average Bonchev–Trinajstić information content (AvgIpc) is 3.11. The monoisotopic (exact) mass is 345 g/mol. The highest BCUT2D eigenvalue weighted by atomic mass is 16.5. The second-order valence-electron chi connectivity index (χ2n) is 6.44. The molecule has 1 saturated heterocycles. The summed E-state index contributed by atoms with van der Waals surface area (Å²) in [7, 11) is 3.79. The fraction of sp³-hybridized carbons (Fsp3) is 0.500. The summed E-state index contributed by atoms with van der Waals surface area (Å²) < 4.78 is 10.5. The lowest BCUT2D eigenvalue weighted by Gasteiger charge is -2.30. The summed E-state index contributed by atoms with van der Waals surface area (Å²) in [6, 6.07) is 7.54. The normalized spacial score (nSPS) is 15.4. The Bertz CT molecular complexity index is 708. The van der Waals surface area contributed by atoms with Crippen molar-refractivity contribution < 1.29 is 19.0 Å². The number of carbonyl (C=O) groups excluding carboxylic acids is 1. The van der Waals surface area contributed by atoms with Gasteiger partial charge in [0.05, 0.1) is 40.3 Å². The number of amides is 1. The minimum absolute atomic E-state index is 0.222. The highest BCUT2D eigenvalue weighted by molar-refractivity contribution is 5.76. The SMILES string of the molecule is COc1cccc(-c2noc(CCCC(=O)N3CC[NH+](C)CC3)n2)c1. The van der Waals surface area contributed by atoms with E-state index in [4.69, 9.17) is 9.26 Å². The molecule has 0 saturated carbocycles. The van der Waals surface area contributed by atoms with Crippen LogP contribution < -0.4 is 9.64 Å². The van der Waals surface area contributed by atoms with Gasteiger partial charge in [-0.25, -0.2) is 0 Å². The lowest BCUT2D eigenvalue weighted by atomic mass is 10.2. The number of quaternary nitrogens is 1. The van der Waals surface area contributed by atoms with Gasteiger partial charge in [0.25, 0.3) is 0 Å². The topological polar surface area (TPSA) is 72.9 Å². The lowest BCUT2D eigenvalue weighted by molar-refractivity contribution is -0.883. The standard InChI is InChI=1S/C18H24N4O3/c1-21-9-11-22(12-10-21)17(23)8-4-7-16-19-18(20-25-16)14-5-3-6-15(13-14)24-2/h3,5-6,13H,4,7-12H2,1-2H3/p+1. The molecular weight excluding hydrogens is 320 g/mol. The van der Waals surface area contributed by atoms with Gasteiger partial charge in [-0.05, 0) is 18.6 Å². The van der Waals surface area contributed by atoms with Gasteiger partial charge in [0.15, 0.2) is 0 Å². The van der Waals surface area contributed by atoms with E-state index in [9.17, 15) is 4.79 Å². The van der Waals surface area contributed by atoms with Crippen molar-refractivity contribution in [3.63, 3.8) is 0 Å². The molecule has 1 fully saturated rings. The Balaban J connectivity index is 1.49. The highest BCUT2D eigenvalue weighted by Gasteiger charge is 2.21. The molecule has 0 unspecified atom stereocenters. The van der Waals surface area contributed by atoms with E-state index < -0.39 is 0 Å². The first-order valence-electron chi connectivity index (χ1n) is 8.72. The van der Waals surface area contributed by atoms with Gasteiger partial charge >= 0.3 is 0 Å². The summed E-state index contributed by atoms with van der Waals surface area (Å²) in [5.74, 6) is 2.08. The van der Waals surface area contributed by atoms with Gasteiger partial charge in [0.1, 0.15) is 5.75 Å². The van der Waals surface area contributed by atoms with E-state index in [1.807, 2.05) is 29.2 Å². The van der Waals surface area contributed by atoms with Crippen molar-refractivity contribution >= 4 is 5.91 Å². The van der Waals surface area contributed by atoms with Crippen LogP contribution in [-0.4, -0.2) is 61.3 Å². The number of rotatable bonds is 6. The summed E-state index contributed by atoms with van der Waals surface area (Å²) >= 11 is 0. The molecule has 1 aromatic carbocycles. The molecule has 1 amide bonds. The molecule has 0 bridgehead atoms. The van der Waals surface area contributed by atoms with Crippen molar-refractivity contribution in [1.82, 2.24) is 15.0 Å². The molecule has 0 aliphatic carbocycles. The minimum atomic E-state index is 0.222. The van der Waals surface area contributed by atoms with E-state index >= 15 is 0 Å². The summed E-state index contributed by atoms with van der Waals surface area (Å²) in [4.78, 5) is 20.1. The number of ether oxygens (including phenoxy) is 1. The smallest absolute Gasteiger partial charge is 0.226 e. The van der Waals surface area contributed by atoms with E-state index in [-0.39, 0.29) is 5.91 Å². The van der Waals surface area contributed by atoms with Crippen LogP contribution in [0.25, 0.3) is 11.4 Å². The molecular formula is C18H25N4O3+. The van der Waals surface area contributed by atoms with Crippen LogP contribution in [0.1, 0.15) is 18.7 Å². The zero-order valence-electron chi connectivity index (χ0n) is 14.8. The quantitative estimate of drug-likeness (QED) is 0.822. The first-order chi connectivity index (χ1) is 12.2. The van der Waals surface area contributed by atoms with E-state index in [1.54, 1.807) is 7.11 Å². The third-order valence-electron chi connectivity index (χ3n) is 4.55. The Morgan fingerprint density at radius 2 is 2.16 bits per heavy atom. The van der Waals surface area contributed by atoms with E-state index in [0.717, 1.165) is 43.9 Å². The molecule has 7 heteroatoms. The summed E-state index contributed by atoms with van der Waals surface area (Å²) in [6.07, 6.45) is 1.86. The summed E-state index contributed by atoms with van der Waals surface area (Å²) in [5, 5.41) is 4.02. The number of likely N-dealkylation sites (N-methyl/N-ethyl adjacent to an activating group) is 1. The molecule has 0 atom stereocenters. The molecule has 1 aliphatic heterocycles. The third-order valence-corrected chi connectivity index (χ3v) is 4.55. The number of carbonyl (C=O) groups is 1. The first kappa shape index (κ1) is 17.4. The number of methoxy groups -OCH3 is 1. The molecule has 134 valence electrons. The van der Waals surface area contributed by atoms with Crippen LogP contribution >= 0.6 is 0 Å². The number of hydrogen-bond donors (Lipinski definition) is 1.